The van der Waals surface area contributed by atoms with E-state index >= 15 is 0 Å². The first-order chi connectivity index (χ1) is 11.1. The smallest absolute Gasteiger partial charge is 0.00817 e. The molecule has 0 saturated heterocycles. The van der Waals surface area contributed by atoms with E-state index in [1.807, 2.05) is 0 Å². The number of hydrogen-bond donors (Lipinski definition) is 0. The maximum absolute atomic E-state index is 2.51. The molecule has 0 N–H and O–H groups in total. The Labute approximate surface area is 140 Å². The molecular formula is C23H26. The van der Waals surface area contributed by atoms with Crippen LogP contribution in [0.2, 0.25) is 0 Å². The molecule has 0 fully saturated rings. The van der Waals surface area contributed by atoms with Crippen LogP contribution in [0.3, 0.4) is 0 Å². The Balaban J connectivity index is 1.84. The van der Waals surface area contributed by atoms with Crippen LogP contribution in [-0.4, -0.2) is 0 Å². The lowest BCUT2D eigenvalue weighted by Crippen LogP contribution is -2.27. The fraction of sp³-hybridized carbons (Fsp3) is 0.391. The highest BCUT2D eigenvalue weighted by molar-refractivity contribution is 5.85. The van der Waals surface area contributed by atoms with E-state index in [9.17, 15) is 0 Å². The molecule has 4 unspecified atom stereocenters. The standard InChI is InChI=1S/C23H26/c1-14-15(2)17(4)22-13-23-19(12-21(22)16(14)3)10-11-20(23)18-8-6-5-7-9-18/h5-9,11-17H,10H2,1-4H3. The van der Waals surface area contributed by atoms with Crippen molar-refractivity contribution < 1.29 is 0 Å². The van der Waals surface area contributed by atoms with Gasteiger partial charge in [-0.05, 0) is 63.5 Å². The Bertz CT molecular complexity index is 766. The first-order valence-corrected chi connectivity index (χ1v) is 9.00. The number of fused-ring (bicyclic) bond motifs is 2. The van der Waals surface area contributed by atoms with Gasteiger partial charge in [0.25, 0.3) is 0 Å². The van der Waals surface area contributed by atoms with E-state index in [0.717, 1.165) is 18.3 Å². The molecule has 2 aliphatic rings. The molecule has 0 radical (unpaired) electrons. The van der Waals surface area contributed by atoms with Crippen LogP contribution in [0.1, 0.15) is 67.3 Å². The minimum atomic E-state index is 0.652. The fourth-order valence-electron chi connectivity index (χ4n) is 4.58. The quantitative estimate of drug-likeness (QED) is 0.591. The van der Waals surface area contributed by atoms with E-state index in [1.165, 1.54) is 22.3 Å². The number of allylic oxidation sites excluding steroid dienone is 1. The maximum Gasteiger partial charge on any atom is -0.00817 e. The van der Waals surface area contributed by atoms with Gasteiger partial charge < -0.3 is 0 Å². The van der Waals surface area contributed by atoms with Crippen LogP contribution in [-0.2, 0) is 6.42 Å². The zero-order valence-corrected chi connectivity index (χ0v) is 14.6. The van der Waals surface area contributed by atoms with Gasteiger partial charge in [-0.2, -0.15) is 0 Å². The molecule has 0 amide bonds. The van der Waals surface area contributed by atoms with Gasteiger partial charge in [-0.3, -0.25) is 0 Å². The van der Waals surface area contributed by atoms with Gasteiger partial charge in [-0.1, -0.05) is 76.2 Å². The van der Waals surface area contributed by atoms with Crippen LogP contribution in [0.15, 0.2) is 48.5 Å². The Morgan fingerprint density at radius 1 is 0.783 bits per heavy atom. The molecule has 0 heterocycles. The van der Waals surface area contributed by atoms with Crippen molar-refractivity contribution >= 4 is 5.57 Å². The van der Waals surface area contributed by atoms with Gasteiger partial charge in [0.15, 0.2) is 0 Å². The number of benzene rings is 2. The summed E-state index contributed by atoms with van der Waals surface area (Å²) >= 11 is 0. The summed E-state index contributed by atoms with van der Waals surface area (Å²) in [5.74, 6) is 2.83. The maximum atomic E-state index is 2.51. The highest BCUT2D eigenvalue weighted by Gasteiger charge is 2.34. The molecule has 2 aliphatic carbocycles. The lowest BCUT2D eigenvalue weighted by atomic mass is 9.65. The van der Waals surface area contributed by atoms with E-state index in [1.54, 1.807) is 11.1 Å². The van der Waals surface area contributed by atoms with Crippen molar-refractivity contribution in [2.45, 2.75) is 46.0 Å². The second-order valence-corrected chi connectivity index (χ2v) is 7.62. The molecule has 2 aromatic carbocycles. The van der Waals surface area contributed by atoms with Crippen molar-refractivity contribution in [1.82, 2.24) is 0 Å². The third-order valence-electron chi connectivity index (χ3n) is 6.60. The topological polar surface area (TPSA) is 0 Å². The van der Waals surface area contributed by atoms with Gasteiger partial charge in [-0.25, -0.2) is 0 Å². The summed E-state index contributed by atoms with van der Waals surface area (Å²) in [4.78, 5) is 0. The van der Waals surface area contributed by atoms with Crippen LogP contribution >= 0.6 is 0 Å². The molecule has 4 rings (SSSR count). The summed E-state index contributed by atoms with van der Waals surface area (Å²) in [5, 5.41) is 0. The average molecular weight is 302 g/mol. The summed E-state index contributed by atoms with van der Waals surface area (Å²) in [6, 6.07) is 15.9. The minimum absolute atomic E-state index is 0.652. The second-order valence-electron chi connectivity index (χ2n) is 7.62. The van der Waals surface area contributed by atoms with Crippen molar-refractivity contribution in [3.05, 3.63) is 76.4 Å². The zero-order chi connectivity index (χ0) is 16.1. The zero-order valence-electron chi connectivity index (χ0n) is 14.6. The first-order valence-electron chi connectivity index (χ1n) is 9.00. The monoisotopic (exact) mass is 302 g/mol. The SMILES string of the molecule is CC1c2cc3c(cc2C(C)C(C)C1C)C(c1ccccc1)=CC3. The molecule has 0 bridgehead atoms. The Morgan fingerprint density at radius 3 is 2.04 bits per heavy atom. The normalized spacial score (nSPS) is 29.0. The molecule has 0 spiro atoms. The van der Waals surface area contributed by atoms with Crippen LogP contribution in [0.5, 0.6) is 0 Å². The van der Waals surface area contributed by atoms with Crippen LogP contribution in [0, 0.1) is 11.8 Å². The molecule has 0 nitrogen and oxygen atoms in total. The second kappa shape index (κ2) is 5.37. The van der Waals surface area contributed by atoms with Crippen LogP contribution < -0.4 is 0 Å². The third kappa shape index (κ3) is 2.19. The predicted octanol–water partition coefficient (Wildman–Crippen LogP) is 6.17. The average Bonchev–Trinajstić information content (AvgIpc) is 3.00. The first kappa shape index (κ1) is 14.8. The van der Waals surface area contributed by atoms with E-state index in [2.05, 4.69) is 76.2 Å². The molecule has 0 aromatic heterocycles. The number of hydrogen-bond acceptors (Lipinski definition) is 0. The minimum Gasteiger partial charge on any atom is -0.0716 e. The molecular weight excluding hydrogens is 276 g/mol. The molecule has 4 atom stereocenters. The number of rotatable bonds is 1. The van der Waals surface area contributed by atoms with E-state index in [4.69, 9.17) is 0 Å². The van der Waals surface area contributed by atoms with E-state index in [-0.39, 0.29) is 0 Å². The van der Waals surface area contributed by atoms with Gasteiger partial charge in [0.2, 0.25) is 0 Å². The summed E-state index contributed by atoms with van der Waals surface area (Å²) in [6.07, 6.45) is 3.49. The summed E-state index contributed by atoms with van der Waals surface area (Å²) in [7, 11) is 0. The van der Waals surface area contributed by atoms with Gasteiger partial charge in [0.05, 0.1) is 0 Å². The third-order valence-corrected chi connectivity index (χ3v) is 6.60. The van der Waals surface area contributed by atoms with Crippen LogP contribution in [0.25, 0.3) is 5.57 Å². The molecule has 0 aliphatic heterocycles. The Kier molecular flexibility index (Phi) is 3.44. The highest BCUT2D eigenvalue weighted by atomic mass is 14.4. The van der Waals surface area contributed by atoms with Gasteiger partial charge in [-0.15, -0.1) is 0 Å². The van der Waals surface area contributed by atoms with Gasteiger partial charge in [0, 0.05) is 0 Å². The van der Waals surface area contributed by atoms with Crippen molar-refractivity contribution in [3.63, 3.8) is 0 Å². The van der Waals surface area contributed by atoms with Crippen LogP contribution in [0.4, 0.5) is 0 Å². The molecule has 0 heteroatoms. The molecule has 2 aromatic rings. The van der Waals surface area contributed by atoms with Crippen molar-refractivity contribution in [2.24, 2.45) is 11.8 Å². The van der Waals surface area contributed by atoms with Crippen molar-refractivity contribution in [1.29, 1.82) is 0 Å². The Hall–Kier alpha value is -1.82. The van der Waals surface area contributed by atoms with Crippen molar-refractivity contribution in [2.75, 3.05) is 0 Å². The summed E-state index contributed by atoms with van der Waals surface area (Å²) in [5.41, 5.74) is 8.95. The predicted molar refractivity (Wildman–Crippen MR) is 98.8 cm³/mol. The largest absolute Gasteiger partial charge is 0.0716 e. The fourth-order valence-corrected chi connectivity index (χ4v) is 4.58. The van der Waals surface area contributed by atoms with E-state index < -0.39 is 0 Å². The van der Waals surface area contributed by atoms with E-state index in [0.29, 0.717) is 11.8 Å². The summed E-state index contributed by atoms with van der Waals surface area (Å²) < 4.78 is 0. The lowest BCUT2D eigenvalue weighted by molar-refractivity contribution is 0.273. The summed E-state index contributed by atoms with van der Waals surface area (Å²) in [6.45, 7) is 9.68. The molecule has 118 valence electrons. The lowest BCUT2D eigenvalue weighted by Gasteiger charge is -2.39. The van der Waals surface area contributed by atoms with Gasteiger partial charge >= 0.3 is 0 Å². The molecule has 23 heavy (non-hydrogen) atoms. The molecule has 0 saturated carbocycles. The Morgan fingerprint density at radius 2 is 1.39 bits per heavy atom. The van der Waals surface area contributed by atoms with Crippen molar-refractivity contribution in [3.8, 4) is 0 Å². The van der Waals surface area contributed by atoms with Gasteiger partial charge in [0.1, 0.15) is 0 Å². The highest BCUT2D eigenvalue weighted by Crippen LogP contribution is 2.48.